The van der Waals surface area contributed by atoms with Crippen molar-refractivity contribution in [3.8, 4) is 5.75 Å². The number of carbonyl (C=O) groups excluding carboxylic acids is 2. The van der Waals surface area contributed by atoms with Crippen LogP contribution >= 0.6 is 23.2 Å². The predicted octanol–water partition coefficient (Wildman–Crippen LogP) is 5.79. The second-order valence-electron chi connectivity index (χ2n) is 8.39. The summed E-state index contributed by atoms with van der Waals surface area (Å²) in [6.45, 7) is 1.58. The van der Waals surface area contributed by atoms with Crippen molar-refractivity contribution in [2.45, 2.75) is 25.5 Å². The van der Waals surface area contributed by atoms with Crippen molar-refractivity contribution in [1.82, 2.24) is 10.7 Å². The lowest BCUT2D eigenvalue weighted by Crippen LogP contribution is -2.50. The van der Waals surface area contributed by atoms with E-state index in [1.54, 1.807) is 25.3 Å². The average Bonchev–Trinajstić information content (AvgIpc) is 2.90. The van der Waals surface area contributed by atoms with E-state index in [2.05, 4.69) is 15.8 Å². The van der Waals surface area contributed by atoms with E-state index in [9.17, 15) is 9.59 Å². The number of nitrogens with zero attached hydrogens (tertiary/aromatic N) is 1. The maximum atomic E-state index is 13.1. The van der Waals surface area contributed by atoms with E-state index in [-0.39, 0.29) is 11.4 Å². The Morgan fingerprint density at radius 3 is 2.43 bits per heavy atom. The Morgan fingerprint density at radius 2 is 1.65 bits per heavy atom. The van der Waals surface area contributed by atoms with Gasteiger partial charge in [0.1, 0.15) is 11.8 Å². The van der Waals surface area contributed by atoms with Gasteiger partial charge in [-0.15, -0.1) is 0 Å². The molecular formula is C29H25Cl2N3O3. The van der Waals surface area contributed by atoms with E-state index in [0.29, 0.717) is 10.8 Å². The van der Waals surface area contributed by atoms with Gasteiger partial charge in [0.05, 0.1) is 11.2 Å². The van der Waals surface area contributed by atoms with Crippen molar-refractivity contribution >= 4 is 52.0 Å². The highest BCUT2D eigenvalue weighted by atomic mass is 35.5. The SMILES string of the molecule is C[C@H](Oc1ccc(Cl)cc1Cl)C(=O)N[C@H](Cc1ccccc1)C(=O)N/N=C\c1cccc2ccccc12. The van der Waals surface area contributed by atoms with E-state index in [1.165, 1.54) is 6.07 Å². The van der Waals surface area contributed by atoms with Crippen molar-refractivity contribution in [2.75, 3.05) is 0 Å². The van der Waals surface area contributed by atoms with E-state index < -0.39 is 24.0 Å². The summed E-state index contributed by atoms with van der Waals surface area (Å²) in [5, 5.41) is 9.76. The smallest absolute Gasteiger partial charge is 0.262 e. The highest BCUT2D eigenvalue weighted by molar-refractivity contribution is 6.35. The zero-order chi connectivity index (χ0) is 26.2. The standard InChI is InChI=1S/C29H25Cl2N3O3/c1-19(37-27-15-14-23(30)17-25(27)31)28(35)33-26(16-20-8-3-2-4-9-20)29(36)34-32-18-22-12-7-11-21-10-5-6-13-24(21)22/h2-15,17-19,26H,16H2,1H3,(H,33,35)(H,34,36)/b32-18-/t19-,26+/m0/s1. The Labute approximate surface area is 225 Å². The molecule has 0 unspecified atom stereocenters. The van der Waals surface area contributed by atoms with E-state index in [0.717, 1.165) is 21.9 Å². The molecule has 8 heteroatoms. The van der Waals surface area contributed by atoms with Crippen LogP contribution in [0, 0.1) is 0 Å². The summed E-state index contributed by atoms with van der Waals surface area (Å²) in [5.74, 6) is -0.608. The number of carbonyl (C=O) groups is 2. The minimum absolute atomic E-state index is 0.274. The number of fused-ring (bicyclic) bond motifs is 1. The summed E-state index contributed by atoms with van der Waals surface area (Å²) < 4.78 is 5.71. The molecule has 37 heavy (non-hydrogen) atoms. The van der Waals surface area contributed by atoms with Gasteiger partial charge in [-0.25, -0.2) is 5.43 Å². The first-order valence-corrected chi connectivity index (χ1v) is 12.4. The normalized spacial score (nSPS) is 12.7. The third kappa shape index (κ3) is 7.09. The van der Waals surface area contributed by atoms with Crippen LogP contribution in [-0.4, -0.2) is 30.2 Å². The van der Waals surface area contributed by atoms with Gasteiger partial charge in [-0.3, -0.25) is 9.59 Å². The first-order valence-electron chi connectivity index (χ1n) is 11.7. The zero-order valence-electron chi connectivity index (χ0n) is 20.0. The fraction of sp³-hybridized carbons (Fsp3) is 0.138. The molecule has 4 aromatic rings. The van der Waals surface area contributed by atoms with Crippen LogP contribution < -0.4 is 15.5 Å². The van der Waals surface area contributed by atoms with Gasteiger partial charge < -0.3 is 10.1 Å². The summed E-state index contributed by atoms with van der Waals surface area (Å²) in [6, 6.07) is 27.0. The molecule has 0 aromatic heterocycles. The lowest BCUT2D eigenvalue weighted by Gasteiger charge is -2.21. The molecule has 0 aliphatic rings. The van der Waals surface area contributed by atoms with Gasteiger partial charge >= 0.3 is 0 Å². The van der Waals surface area contributed by atoms with Gasteiger partial charge in [-0.2, -0.15) is 5.10 Å². The molecule has 2 amide bonds. The van der Waals surface area contributed by atoms with Crippen LogP contribution in [0.3, 0.4) is 0 Å². The van der Waals surface area contributed by atoms with Crippen LogP contribution in [0.2, 0.25) is 10.0 Å². The van der Waals surface area contributed by atoms with Crippen LogP contribution in [0.4, 0.5) is 0 Å². The van der Waals surface area contributed by atoms with Crippen molar-refractivity contribution in [1.29, 1.82) is 0 Å². The molecule has 0 radical (unpaired) electrons. The maximum Gasteiger partial charge on any atom is 0.262 e. The zero-order valence-corrected chi connectivity index (χ0v) is 21.5. The molecule has 4 aromatic carbocycles. The number of hydrazone groups is 1. The van der Waals surface area contributed by atoms with Crippen LogP contribution in [0.5, 0.6) is 5.75 Å². The Hall–Kier alpha value is -3.87. The number of amides is 2. The maximum absolute atomic E-state index is 13.1. The van der Waals surface area contributed by atoms with Gasteiger partial charge in [0.15, 0.2) is 6.10 Å². The summed E-state index contributed by atoms with van der Waals surface area (Å²) in [4.78, 5) is 26.0. The molecule has 0 fully saturated rings. The molecule has 6 nitrogen and oxygen atoms in total. The quantitative estimate of drug-likeness (QED) is 0.211. The van der Waals surface area contributed by atoms with Crippen LogP contribution in [0.1, 0.15) is 18.1 Å². The van der Waals surface area contributed by atoms with Gasteiger partial charge in [0, 0.05) is 17.0 Å². The molecule has 0 saturated carbocycles. The number of benzene rings is 4. The van der Waals surface area contributed by atoms with Crippen molar-refractivity contribution < 1.29 is 14.3 Å². The number of hydrogen-bond acceptors (Lipinski definition) is 4. The fourth-order valence-electron chi connectivity index (χ4n) is 3.77. The lowest BCUT2D eigenvalue weighted by molar-refractivity contribution is -0.132. The minimum atomic E-state index is -0.913. The molecule has 0 aliphatic carbocycles. The van der Waals surface area contributed by atoms with E-state index in [1.807, 2.05) is 72.8 Å². The van der Waals surface area contributed by atoms with Crippen LogP contribution in [0.15, 0.2) is 96.1 Å². The van der Waals surface area contributed by atoms with Crippen LogP contribution in [0.25, 0.3) is 10.8 Å². The van der Waals surface area contributed by atoms with Gasteiger partial charge in [0.25, 0.3) is 11.8 Å². The van der Waals surface area contributed by atoms with Crippen molar-refractivity contribution in [2.24, 2.45) is 5.10 Å². The molecular weight excluding hydrogens is 509 g/mol. The summed E-state index contributed by atoms with van der Waals surface area (Å²) in [5.41, 5.74) is 4.31. The minimum Gasteiger partial charge on any atom is -0.479 e. The molecule has 4 rings (SSSR count). The highest BCUT2D eigenvalue weighted by Gasteiger charge is 2.25. The Morgan fingerprint density at radius 1 is 0.919 bits per heavy atom. The summed E-state index contributed by atoms with van der Waals surface area (Å²) >= 11 is 12.1. The Kier molecular flexibility index (Phi) is 8.77. The molecule has 0 bridgehead atoms. The van der Waals surface area contributed by atoms with Gasteiger partial charge in [-0.1, -0.05) is 96.0 Å². The molecule has 0 spiro atoms. The van der Waals surface area contributed by atoms with E-state index in [4.69, 9.17) is 27.9 Å². The monoisotopic (exact) mass is 533 g/mol. The molecule has 2 atom stereocenters. The van der Waals surface area contributed by atoms with Crippen molar-refractivity contribution in [3.05, 3.63) is 112 Å². The predicted molar refractivity (Wildman–Crippen MR) is 148 cm³/mol. The van der Waals surface area contributed by atoms with Crippen LogP contribution in [-0.2, 0) is 16.0 Å². The third-order valence-corrected chi connectivity index (χ3v) is 6.21. The summed E-state index contributed by atoms with van der Waals surface area (Å²) in [6.07, 6.45) is 0.955. The second-order valence-corrected chi connectivity index (χ2v) is 9.23. The third-order valence-electron chi connectivity index (χ3n) is 5.68. The highest BCUT2D eigenvalue weighted by Crippen LogP contribution is 2.28. The topological polar surface area (TPSA) is 79.8 Å². The second kappa shape index (κ2) is 12.4. The molecule has 2 N–H and O–H groups in total. The lowest BCUT2D eigenvalue weighted by atomic mass is 10.1. The van der Waals surface area contributed by atoms with Crippen molar-refractivity contribution in [3.63, 3.8) is 0 Å². The number of hydrogen-bond donors (Lipinski definition) is 2. The van der Waals surface area contributed by atoms with E-state index >= 15 is 0 Å². The number of nitrogens with one attached hydrogen (secondary N) is 2. The Bertz CT molecular complexity index is 1420. The molecule has 0 aliphatic heterocycles. The average molecular weight is 534 g/mol. The first kappa shape index (κ1) is 26.2. The number of rotatable bonds is 9. The fourth-order valence-corrected chi connectivity index (χ4v) is 4.22. The number of halogens is 2. The Balaban J connectivity index is 1.46. The van der Waals surface area contributed by atoms with Gasteiger partial charge in [0.2, 0.25) is 0 Å². The van der Waals surface area contributed by atoms with Gasteiger partial charge in [-0.05, 0) is 41.5 Å². The molecule has 0 saturated heterocycles. The largest absolute Gasteiger partial charge is 0.479 e. The molecule has 0 heterocycles. The number of ether oxygens (including phenoxy) is 1. The summed E-state index contributed by atoms with van der Waals surface area (Å²) in [7, 11) is 0. The first-order chi connectivity index (χ1) is 17.9. The molecule has 188 valence electrons.